The average Bonchev–Trinajstić information content (AvgIpc) is 2.39. The van der Waals surface area contributed by atoms with Gasteiger partial charge < -0.3 is 4.90 Å². The van der Waals surface area contributed by atoms with Crippen LogP contribution in [0.4, 0.5) is 5.69 Å². The molecule has 0 aromatic carbocycles. The van der Waals surface area contributed by atoms with Crippen LogP contribution in [0.3, 0.4) is 0 Å². The summed E-state index contributed by atoms with van der Waals surface area (Å²) in [5.41, 5.74) is 1.32. The van der Waals surface area contributed by atoms with Crippen LogP contribution in [0.1, 0.15) is 52.4 Å². The second-order valence-electron chi connectivity index (χ2n) is 4.61. The van der Waals surface area contributed by atoms with E-state index in [2.05, 4.69) is 35.9 Å². The molecule has 1 aromatic heterocycles. The Morgan fingerprint density at radius 1 is 0.882 bits per heavy atom. The number of aromatic nitrogens is 1. The van der Waals surface area contributed by atoms with Gasteiger partial charge in [0.1, 0.15) is 0 Å². The Labute approximate surface area is 106 Å². The minimum atomic E-state index is 1.17. The van der Waals surface area contributed by atoms with Crippen molar-refractivity contribution in [2.45, 2.75) is 52.4 Å². The number of nitrogens with zero attached hydrogens (tertiary/aromatic N) is 2. The monoisotopic (exact) mass is 234 g/mol. The lowest BCUT2D eigenvalue weighted by Gasteiger charge is -2.24. The quantitative estimate of drug-likeness (QED) is 0.593. The van der Waals surface area contributed by atoms with E-state index in [0.717, 1.165) is 0 Å². The summed E-state index contributed by atoms with van der Waals surface area (Å²) in [6, 6.07) is 4.24. The Kier molecular flexibility index (Phi) is 7.44. The Hall–Kier alpha value is -1.05. The van der Waals surface area contributed by atoms with E-state index in [1.807, 2.05) is 12.4 Å². The molecule has 0 amide bonds. The third kappa shape index (κ3) is 5.71. The summed E-state index contributed by atoms with van der Waals surface area (Å²) in [5.74, 6) is 0. The summed E-state index contributed by atoms with van der Waals surface area (Å²) < 4.78 is 0. The van der Waals surface area contributed by atoms with Gasteiger partial charge in [-0.15, -0.1) is 0 Å². The van der Waals surface area contributed by atoms with Crippen molar-refractivity contribution in [2.24, 2.45) is 0 Å². The fourth-order valence-corrected chi connectivity index (χ4v) is 2.00. The van der Waals surface area contributed by atoms with Crippen LogP contribution in [0.25, 0.3) is 0 Å². The molecule has 1 rings (SSSR count). The highest BCUT2D eigenvalue weighted by molar-refractivity contribution is 5.44. The van der Waals surface area contributed by atoms with E-state index in [1.165, 1.54) is 57.3 Å². The summed E-state index contributed by atoms with van der Waals surface area (Å²) in [6.45, 7) is 6.87. The Morgan fingerprint density at radius 3 is 2.18 bits per heavy atom. The van der Waals surface area contributed by atoms with E-state index in [9.17, 15) is 0 Å². The molecule has 0 fully saturated rings. The van der Waals surface area contributed by atoms with Gasteiger partial charge in [-0.3, -0.25) is 4.98 Å². The molecule has 0 bridgehead atoms. The second-order valence-corrected chi connectivity index (χ2v) is 4.61. The summed E-state index contributed by atoms with van der Waals surface area (Å²) in [6.07, 6.45) is 11.6. The molecule has 2 heteroatoms. The van der Waals surface area contributed by atoms with Crippen LogP contribution in [0, 0.1) is 0 Å². The zero-order chi connectivity index (χ0) is 12.3. The first-order chi connectivity index (χ1) is 8.38. The molecule has 0 unspecified atom stereocenters. The molecule has 17 heavy (non-hydrogen) atoms. The van der Waals surface area contributed by atoms with Crippen LogP contribution in [0.5, 0.6) is 0 Å². The first kappa shape index (κ1) is 14.0. The number of anilines is 1. The van der Waals surface area contributed by atoms with E-state index < -0.39 is 0 Å². The molecule has 2 nitrogen and oxygen atoms in total. The molecule has 0 atom stereocenters. The molecule has 0 saturated heterocycles. The lowest BCUT2D eigenvalue weighted by atomic mass is 10.2. The van der Waals surface area contributed by atoms with Gasteiger partial charge in [-0.2, -0.15) is 0 Å². The molecule has 0 aliphatic heterocycles. The van der Waals surface area contributed by atoms with Crippen molar-refractivity contribution in [3.8, 4) is 0 Å². The number of hydrogen-bond donors (Lipinski definition) is 0. The smallest absolute Gasteiger partial charge is 0.0397 e. The first-order valence-electron chi connectivity index (χ1n) is 7.03. The van der Waals surface area contributed by atoms with Crippen molar-refractivity contribution >= 4 is 5.69 Å². The van der Waals surface area contributed by atoms with Crippen LogP contribution in [-0.4, -0.2) is 18.1 Å². The van der Waals surface area contributed by atoms with Gasteiger partial charge in [0, 0.05) is 31.2 Å². The fraction of sp³-hybridized carbons (Fsp3) is 0.667. The maximum absolute atomic E-state index is 4.09. The van der Waals surface area contributed by atoms with E-state index in [1.54, 1.807) is 0 Å². The highest BCUT2D eigenvalue weighted by Crippen LogP contribution is 2.14. The van der Waals surface area contributed by atoms with Crippen molar-refractivity contribution in [1.82, 2.24) is 4.98 Å². The van der Waals surface area contributed by atoms with Crippen molar-refractivity contribution in [2.75, 3.05) is 18.0 Å². The lowest BCUT2D eigenvalue weighted by molar-refractivity contribution is 0.629. The van der Waals surface area contributed by atoms with Gasteiger partial charge >= 0.3 is 0 Å². The number of hydrogen-bond acceptors (Lipinski definition) is 2. The molecule has 0 radical (unpaired) electrons. The molecule has 0 spiro atoms. The minimum absolute atomic E-state index is 1.17. The molecular formula is C15H26N2. The van der Waals surface area contributed by atoms with E-state index in [0.29, 0.717) is 0 Å². The SMILES string of the molecule is CCCCCCN(CCCC)c1ccncc1. The molecule has 0 aliphatic carbocycles. The lowest BCUT2D eigenvalue weighted by Crippen LogP contribution is -2.25. The van der Waals surface area contributed by atoms with E-state index in [4.69, 9.17) is 0 Å². The van der Waals surface area contributed by atoms with E-state index in [-0.39, 0.29) is 0 Å². The number of pyridine rings is 1. The van der Waals surface area contributed by atoms with Crippen molar-refractivity contribution in [3.05, 3.63) is 24.5 Å². The van der Waals surface area contributed by atoms with Crippen molar-refractivity contribution < 1.29 is 0 Å². The Morgan fingerprint density at radius 2 is 1.53 bits per heavy atom. The summed E-state index contributed by atoms with van der Waals surface area (Å²) in [5, 5.41) is 0. The summed E-state index contributed by atoms with van der Waals surface area (Å²) in [4.78, 5) is 6.59. The van der Waals surface area contributed by atoms with Crippen molar-refractivity contribution in [1.29, 1.82) is 0 Å². The van der Waals surface area contributed by atoms with Gasteiger partial charge in [-0.25, -0.2) is 0 Å². The second kappa shape index (κ2) is 9.03. The third-order valence-corrected chi connectivity index (χ3v) is 3.09. The van der Waals surface area contributed by atoms with Gasteiger partial charge in [-0.1, -0.05) is 39.5 Å². The van der Waals surface area contributed by atoms with Crippen LogP contribution in [0.15, 0.2) is 24.5 Å². The molecule has 0 N–H and O–H groups in total. The summed E-state index contributed by atoms with van der Waals surface area (Å²) >= 11 is 0. The highest BCUT2D eigenvalue weighted by Gasteiger charge is 2.04. The zero-order valence-corrected chi connectivity index (χ0v) is 11.4. The topological polar surface area (TPSA) is 16.1 Å². The van der Waals surface area contributed by atoms with Crippen LogP contribution < -0.4 is 4.90 Å². The van der Waals surface area contributed by atoms with E-state index >= 15 is 0 Å². The van der Waals surface area contributed by atoms with Crippen LogP contribution in [-0.2, 0) is 0 Å². The normalized spacial score (nSPS) is 10.5. The predicted molar refractivity (Wildman–Crippen MR) is 75.5 cm³/mol. The van der Waals surface area contributed by atoms with Gasteiger partial charge in [0.15, 0.2) is 0 Å². The summed E-state index contributed by atoms with van der Waals surface area (Å²) in [7, 11) is 0. The minimum Gasteiger partial charge on any atom is -0.371 e. The molecule has 1 aromatic rings. The molecule has 0 aliphatic rings. The maximum Gasteiger partial charge on any atom is 0.0397 e. The van der Waals surface area contributed by atoms with Crippen LogP contribution in [0.2, 0.25) is 0 Å². The van der Waals surface area contributed by atoms with Gasteiger partial charge in [0.05, 0.1) is 0 Å². The standard InChI is InChI=1S/C15H26N2/c1-3-5-7-8-14-17(13-6-4-2)15-9-11-16-12-10-15/h9-12H,3-8,13-14H2,1-2H3. The molecule has 96 valence electrons. The molecular weight excluding hydrogens is 208 g/mol. The highest BCUT2D eigenvalue weighted by atomic mass is 15.1. The van der Waals surface area contributed by atoms with Crippen molar-refractivity contribution in [3.63, 3.8) is 0 Å². The van der Waals surface area contributed by atoms with Gasteiger partial charge in [0.25, 0.3) is 0 Å². The molecule has 1 heterocycles. The average molecular weight is 234 g/mol. The number of unbranched alkanes of at least 4 members (excludes halogenated alkanes) is 4. The first-order valence-corrected chi connectivity index (χ1v) is 7.03. The maximum atomic E-state index is 4.09. The predicted octanol–water partition coefficient (Wildman–Crippen LogP) is 4.27. The fourth-order valence-electron chi connectivity index (χ4n) is 2.00. The van der Waals surface area contributed by atoms with Gasteiger partial charge in [0.2, 0.25) is 0 Å². The van der Waals surface area contributed by atoms with Crippen LogP contribution >= 0.6 is 0 Å². The zero-order valence-electron chi connectivity index (χ0n) is 11.4. The largest absolute Gasteiger partial charge is 0.371 e. The Bertz CT molecular complexity index is 272. The number of rotatable bonds is 9. The Balaban J connectivity index is 2.43. The third-order valence-electron chi connectivity index (χ3n) is 3.09. The van der Waals surface area contributed by atoms with Gasteiger partial charge in [-0.05, 0) is 25.0 Å². The molecule has 0 saturated carbocycles.